The molecule has 0 fully saturated rings. The van der Waals surface area contributed by atoms with Gasteiger partial charge in [0.15, 0.2) is 0 Å². The summed E-state index contributed by atoms with van der Waals surface area (Å²) >= 11 is 0. The van der Waals surface area contributed by atoms with Crippen LogP contribution >= 0.6 is 0 Å². The quantitative estimate of drug-likeness (QED) is 0.467. The Labute approximate surface area is 165 Å². The van der Waals surface area contributed by atoms with Gasteiger partial charge in [0.05, 0.1) is 11.2 Å². The first-order chi connectivity index (χ1) is 13.0. The molecule has 0 bridgehead atoms. The molecule has 1 aromatic heterocycles. The van der Waals surface area contributed by atoms with Gasteiger partial charge in [0.1, 0.15) is 0 Å². The highest BCUT2D eigenvalue weighted by Gasteiger charge is 2.12. The Morgan fingerprint density at radius 1 is 0.778 bits per heavy atom. The van der Waals surface area contributed by atoms with E-state index in [0.29, 0.717) is 11.8 Å². The van der Waals surface area contributed by atoms with Crippen LogP contribution in [0.15, 0.2) is 60.7 Å². The van der Waals surface area contributed by atoms with Crippen LogP contribution in [-0.4, -0.2) is 18.1 Å². The van der Waals surface area contributed by atoms with Crippen LogP contribution in [0.2, 0.25) is 0 Å². The summed E-state index contributed by atoms with van der Waals surface area (Å²) in [5.41, 5.74) is 4.55. The maximum absolute atomic E-state index is 4.85. The Bertz CT molecular complexity index is 826. The van der Waals surface area contributed by atoms with Gasteiger partial charge in [-0.15, -0.1) is 0 Å². The summed E-state index contributed by atoms with van der Waals surface area (Å²) in [5, 5.41) is 1.18. The van der Waals surface area contributed by atoms with E-state index in [0.717, 1.165) is 24.3 Å². The van der Waals surface area contributed by atoms with Crippen molar-refractivity contribution in [3.63, 3.8) is 0 Å². The summed E-state index contributed by atoms with van der Waals surface area (Å²) in [4.78, 5) is 7.35. The fourth-order valence-corrected chi connectivity index (χ4v) is 3.26. The fraction of sp³-hybridized carbons (Fsp3) is 0.400. The molecule has 0 saturated heterocycles. The molecule has 0 unspecified atom stereocenters. The van der Waals surface area contributed by atoms with Gasteiger partial charge in [-0.25, -0.2) is 4.98 Å². The van der Waals surface area contributed by atoms with E-state index in [4.69, 9.17) is 4.98 Å². The summed E-state index contributed by atoms with van der Waals surface area (Å²) in [6, 6.07) is 21.4. The lowest BCUT2D eigenvalue weighted by atomic mass is 10.1. The second-order valence-electron chi connectivity index (χ2n) is 7.63. The summed E-state index contributed by atoms with van der Waals surface area (Å²) in [6.45, 7) is 15.3. The number of fused-ring (bicyclic) bond motifs is 1. The molecule has 0 aliphatic rings. The van der Waals surface area contributed by atoms with Crippen molar-refractivity contribution in [2.45, 2.75) is 41.5 Å². The van der Waals surface area contributed by atoms with Gasteiger partial charge in [-0.1, -0.05) is 77.9 Å². The van der Waals surface area contributed by atoms with Crippen LogP contribution in [0, 0.1) is 11.8 Å². The number of hydrogen-bond donors (Lipinski definition) is 0. The van der Waals surface area contributed by atoms with Crippen molar-refractivity contribution >= 4 is 16.6 Å². The molecule has 0 N–H and O–H groups in total. The smallest absolute Gasteiger partial charge is 0.0710 e. The summed E-state index contributed by atoms with van der Waals surface area (Å²) in [6.07, 6.45) is 0. The summed E-state index contributed by atoms with van der Waals surface area (Å²) < 4.78 is 0. The first-order valence-corrected chi connectivity index (χ1v) is 10.2. The van der Waals surface area contributed by atoms with Gasteiger partial charge in [-0.2, -0.15) is 0 Å². The van der Waals surface area contributed by atoms with Gasteiger partial charge in [-0.3, -0.25) is 0 Å². The average molecular weight is 363 g/mol. The number of hydrogen-bond acceptors (Lipinski definition) is 2. The van der Waals surface area contributed by atoms with E-state index in [1.807, 2.05) is 19.9 Å². The van der Waals surface area contributed by atoms with Crippen LogP contribution in [-0.2, 0) is 0 Å². The van der Waals surface area contributed by atoms with Crippen molar-refractivity contribution in [1.29, 1.82) is 0 Å². The summed E-state index contributed by atoms with van der Waals surface area (Å²) in [5.74, 6) is 1.28. The third kappa shape index (κ3) is 5.82. The molecule has 0 aliphatic carbocycles. The highest BCUT2D eigenvalue weighted by Crippen LogP contribution is 2.26. The van der Waals surface area contributed by atoms with Crippen molar-refractivity contribution in [2.24, 2.45) is 11.8 Å². The van der Waals surface area contributed by atoms with Crippen molar-refractivity contribution in [2.75, 3.05) is 18.0 Å². The van der Waals surface area contributed by atoms with E-state index < -0.39 is 0 Å². The molecule has 0 radical (unpaired) electrons. The number of rotatable bonds is 6. The SMILES string of the molecule is CC.CC(C)CN(CC(C)C)c1cccc(-c2ccc3ccccc3n2)c1. The predicted octanol–water partition coefficient (Wildman–Crippen LogP) is 7.05. The lowest BCUT2D eigenvalue weighted by molar-refractivity contribution is 0.553. The number of nitrogens with zero attached hydrogens (tertiary/aromatic N) is 2. The predicted molar refractivity (Wildman–Crippen MR) is 120 cm³/mol. The molecule has 1 heterocycles. The van der Waals surface area contributed by atoms with Crippen molar-refractivity contribution in [1.82, 2.24) is 4.98 Å². The molecule has 144 valence electrons. The first-order valence-electron chi connectivity index (χ1n) is 10.2. The number of benzene rings is 2. The van der Waals surface area contributed by atoms with E-state index in [2.05, 4.69) is 87.2 Å². The van der Waals surface area contributed by atoms with E-state index in [-0.39, 0.29) is 0 Å². The minimum atomic E-state index is 0.640. The largest absolute Gasteiger partial charge is 0.371 e. The molecule has 2 aromatic carbocycles. The second-order valence-corrected chi connectivity index (χ2v) is 7.63. The minimum Gasteiger partial charge on any atom is -0.371 e. The van der Waals surface area contributed by atoms with Crippen LogP contribution < -0.4 is 4.90 Å². The molecular weight excluding hydrogens is 328 g/mol. The monoisotopic (exact) mass is 362 g/mol. The molecule has 2 heteroatoms. The third-order valence-corrected chi connectivity index (χ3v) is 4.28. The van der Waals surface area contributed by atoms with Gasteiger partial charge in [-0.05, 0) is 36.1 Å². The van der Waals surface area contributed by atoms with Gasteiger partial charge in [0.2, 0.25) is 0 Å². The Morgan fingerprint density at radius 2 is 1.44 bits per heavy atom. The standard InChI is InChI=1S/C23H28N2.C2H6/c1-17(2)15-25(16-18(3)4)21-10-7-9-20(14-21)23-13-12-19-8-5-6-11-22(19)24-23;1-2/h5-14,17-18H,15-16H2,1-4H3;1-2H3. The van der Waals surface area contributed by atoms with Crippen LogP contribution in [0.25, 0.3) is 22.2 Å². The molecule has 27 heavy (non-hydrogen) atoms. The maximum Gasteiger partial charge on any atom is 0.0710 e. The molecule has 0 amide bonds. The number of pyridine rings is 1. The minimum absolute atomic E-state index is 0.640. The van der Waals surface area contributed by atoms with E-state index in [1.54, 1.807) is 0 Å². The average Bonchev–Trinajstić information content (AvgIpc) is 2.68. The van der Waals surface area contributed by atoms with Crippen LogP contribution in [0.4, 0.5) is 5.69 Å². The molecule has 3 aromatic rings. The lowest BCUT2D eigenvalue weighted by Gasteiger charge is -2.29. The molecule has 3 rings (SSSR count). The molecular formula is C25H34N2. The molecule has 2 nitrogen and oxygen atoms in total. The highest BCUT2D eigenvalue weighted by molar-refractivity contribution is 5.81. The Hall–Kier alpha value is -2.35. The van der Waals surface area contributed by atoms with Crippen LogP contribution in [0.1, 0.15) is 41.5 Å². The normalized spacial score (nSPS) is 10.8. The zero-order valence-electron chi connectivity index (χ0n) is 17.7. The second kappa shape index (κ2) is 10.1. The summed E-state index contributed by atoms with van der Waals surface area (Å²) in [7, 11) is 0. The fourth-order valence-electron chi connectivity index (χ4n) is 3.26. The van der Waals surface area contributed by atoms with Crippen molar-refractivity contribution < 1.29 is 0 Å². The molecule has 0 atom stereocenters. The topological polar surface area (TPSA) is 16.1 Å². The van der Waals surface area contributed by atoms with Gasteiger partial charge >= 0.3 is 0 Å². The zero-order chi connectivity index (χ0) is 19.8. The zero-order valence-corrected chi connectivity index (χ0v) is 17.7. The number of anilines is 1. The van der Waals surface area contributed by atoms with E-state index in [9.17, 15) is 0 Å². The van der Waals surface area contributed by atoms with Gasteiger partial charge < -0.3 is 4.90 Å². The Balaban J connectivity index is 0.00000126. The molecule has 0 saturated carbocycles. The maximum atomic E-state index is 4.85. The van der Waals surface area contributed by atoms with Crippen molar-refractivity contribution in [3.05, 3.63) is 60.7 Å². The van der Waals surface area contributed by atoms with Crippen LogP contribution in [0.3, 0.4) is 0 Å². The number of para-hydroxylation sites is 1. The highest BCUT2D eigenvalue weighted by atomic mass is 15.1. The van der Waals surface area contributed by atoms with Crippen molar-refractivity contribution in [3.8, 4) is 11.3 Å². The Kier molecular flexibility index (Phi) is 7.84. The Morgan fingerprint density at radius 3 is 2.11 bits per heavy atom. The van der Waals surface area contributed by atoms with E-state index >= 15 is 0 Å². The molecule has 0 spiro atoms. The van der Waals surface area contributed by atoms with E-state index in [1.165, 1.54) is 16.6 Å². The van der Waals surface area contributed by atoms with Gasteiger partial charge in [0, 0.05) is 29.7 Å². The molecule has 0 aliphatic heterocycles. The third-order valence-electron chi connectivity index (χ3n) is 4.28. The number of aromatic nitrogens is 1. The lowest BCUT2D eigenvalue weighted by Crippen LogP contribution is -2.31. The van der Waals surface area contributed by atoms with Gasteiger partial charge in [0.25, 0.3) is 0 Å². The van der Waals surface area contributed by atoms with Crippen LogP contribution in [0.5, 0.6) is 0 Å². The first kappa shape index (κ1) is 21.0.